The normalized spacial score (nSPS) is 13.4. The molecule has 0 aliphatic rings. The number of nitrogens with one attached hydrogen (secondary N) is 2. The fourth-order valence-corrected chi connectivity index (χ4v) is 1.34. The van der Waals surface area contributed by atoms with Crippen LogP contribution in [0.3, 0.4) is 0 Å². The average molecular weight is 251 g/mol. The summed E-state index contributed by atoms with van der Waals surface area (Å²) in [4.78, 5) is 24.1. The van der Waals surface area contributed by atoms with Gasteiger partial charge in [0.2, 0.25) is 5.91 Å². The van der Waals surface area contributed by atoms with Gasteiger partial charge in [-0.25, -0.2) is 0 Å². The Hall–Kier alpha value is -2.17. The number of carbonyl (C=O) groups excluding carboxylic acids is 1. The highest BCUT2D eigenvalue weighted by molar-refractivity contribution is 5.72. The first-order chi connectivity index (χ1) is 8.45. The first-order valence-corrected chi connectivity index (χ1v) is 5.19. The van der Waals surface area contributed by atoms with Crippen LogP contribution in [0, 0.1) is 11.3 Å². The minimum absolute atomic E-state index is 0.127. The van der Waals surface area contributed by atoms with E-state index < -0.39 is 17.8 Å². The van der Waals surface area contributed by atoms with E-state index in [4.69, 9.17) is 5.26 Å². The number of pyridine rings is 1. The molecule has 0 saturated heterocycles. The van der Waals surface area contributed by atoms with Crippen molar-refractivity contribution in [3.8, 4) is 6.07 Å². The molecule has 1 aromatic rings. The molecule has 0 spiro atoms. The molecule has 0 aromatic carbocycles. The zero-order valence-corrected chi connectivity index (χ0v) is 9.67. The van der Waals surface area contributed by atoms with Crippen LogP contribution in [0.1, 0.15) is 24.2 Å². The van der Waals surface area contributed by atoms with Crippen LogP contribution in [0.25, 0.3) is 0 Å². The van der Waals surface area contributed by atoms with Gasteiger partial charge in [-0.3, -0.25) is 9.59 Å². The molecule has 0 aliphatic heterocycles. The Bertz CT molecular complexity index is 532. The number of hydrogen-bond acceptors (Lipinski definition) is 5. The largest absolute Gasteiger partial charge is 0.388 e. The van der Waals surface area contributed by atoms with Crippen molar-refractivity contribution in [2.75, 3.05) is 6.54 Å². The zero-order valence-electron chi connectivity index (χ0n) is 9.67. The van der Waals surface area contributed by atoms with Crippen LogP contribution in [-0.2, 0) is 4.79 Å². The van der Waals surface area contributed by atoms with Crippen molar-refractivity contribution in [1.29, 1.82) is 5.26 Å². The van der Waals surface area contributed by atoms with Crippen LogP contribution < -0.4 is 10.9 Å². The molecule has 0 aliphatic carbocycles. The standard InChI is InChI=1S/C11H13N3O4/c1-6(15)13-5-9(16)10(17)8-2-7(3-12)11(18)14-4-8/h2,4,9-10,16-17H,5H2,1H3,(H,13,15)(H,14,18). The fraction of sp³-hybridized carbons (Fsp3) is 0.364. The van der Waals surface area contributed by atoms with Gasteiger partial charge < -0.3 is 20.5 Å². The maximum atomic E-state index is 11.1. The molecule has 7 heteroatoms. The van der Waals surface area contributed by atoms with Crippen molar-refractivity contribution < 1.29 is 15.0 Å². The molecule has 2 unspecified atom stereocenters. The molecule has 0 radical (unpaired) electrons. The monoisotopic (exact) mass is 251 g/mol. The molecule has 1 aromatic heterocycles. The Labute approximate surface area is 103 Å². The number of amides is 1. The van der Waals surface area contributed by atoms with Gasteiger partial charge in [0.05, 0.1) is 0 Å². The van der Waals surface area contributed by atoms with Crippen LogP contribution in [0.4, 0.5) is 0 Å². The third-order valence-corrected chi connectivity index (χ3v) is 2.31. The van der Waals surface area contributed by atoms with Gasteiger partial charge in [-0.15, -0.1) is 0 Å². The van der Waals surface area contributed by atoms with E-state index in [1.54, 1.807) is 6.07 Å². The van der Waals surface area contributed by atoms with Gasteiger partial charge in [-0.05, 0) is 6.07 Å². The lowest BCUT2D eigenvalue weighted by Crippen LogP contribution is -2.34. The number of rotatable bonds is 4. The first kappa shape index (κ1) is 13.9. The number of nitrogens with zero attached hydrogens (tertiary/aromatic N) is 1. The highest BCUT2D eigenvalue weighted by atomic mass is 16.3. The van der Waals surface area contributed by atoms with Crippen molar-refractivity contribution in [3.05, 3.63) is 33.7 Å². The van der Waals surface area contributed by atoms with E-state index in [0.29, 0.717) is 0 Å². The number of aliphatic hydroxyl groups excluding tert-OH is 2. The van der Waals surface area contributed by atoms with Crippen LogP contribution in [0.2, 0.25) is 0 Å². The Morgan fingerprint density at radius 3 is 2.83 bits per heavy atom. The lowest BCUT2D eigenvalue weighted by molar-refractivity contribution is -0.119. The SMILES string of the molecule is CC(=O)NCC(O)C(O)c1c[nH]c(=O)c(C#N)c1. The number of aliphatic hydroxyl groups is 2. The van der Waals surface area contributed by atoms with Gasteiger partial charge >= 0.3 is 0 Å². The molecule has 4 N–H and O–H groups in total. The molecule has 96 valence electrons. The Morgan fingerprint density at radius 1 is 1.61 bits per heavy atom. The lowest BCUT2D eigenvalue weighted by atomic mass is 10.0. The van der Waals surface area contributed by atoms with Crippen molar-refractivity contribution >= 4 is 5.91 Å². The number of aromatic nitrogens is 1. The van der Waals surface area contributed by atoms with E-state index in [1.807, 2.05) is 0 Å². The number of carbonyl (C=O) groups is 1. The van der Waals surface area contributed by atoms with Crippen molar-refractivity contribution in [3.63, 3.8) is 0 Å². The summed E-state index contributed by atoms with van der Waals surface area (Å²) in [5.74, 6) is -0.333. The quantitative estimate of drug-likeness (QED) is 0.533. The second-order valence-corrected chi connectivity index (χ2v) is 3.74. The van der Waals surface area contributed by atoms with Crippen LogP contribution >= 0.6 is 0 Å². The van der Waals surface area contributed by atoms with Crippen molar-refractivity contribution in [2.24, 2.45) is 0 Å². The minimum atomic E-state index is -1.30. The molecule has 0 fully saturated rings. The molecule has 1 amide bonds. The van der Waals surface area contributed by atoms with Crippen LogP contribution in [0.15, 0.2) is 17.1 Å². The first-order valence-electron chi connectivity index (χ1n) is 5.19. The number of nitriles is 1. The Morgan fingerprint density at radius 2 is 2.28 bits per heavy atom. The van der Waals surface area contributed by atoms with Crippen LogP contribution in [0.5, 0.6) is 0 Å². The maximum Gasteiger partial charge on any atom is 0.265 e. The average Bonchev–Trinajstić information content (AvgIpc) is 2.35. The molecule has 1 rings (SSSR count). The molecule has 0 bridgehead atoms. The van der Waals surface area contributed by atoms with Crippen LogP contribution in [-0.4, -0.2) is 33.8 Å². The Balaban J connectivity index is 2.84. The highest BCUT2D eigenvalue weighted by Gasteiger charge is 2.19. The molecule has 18 heavy (non-hydrogen) atoms. The summed E-state index contributed by atoms with van der Waals surface area (Å²) in [5.41, 5.74) is -0.521. The predicted molar refractivity (Wildman–Crippen MR) is 61.4 cm³/mol. The summed E-state index contributed by atoms with van der Waals surface area (Å²) in [6.45, 7) is 1.16. The second kappa shape index (κ2) is 5.95. The number of H-pyrrole nitrogens is 1. The second-order valence-electron chi connectivity index (χ2n) is 3.74. The summed E-state index contributed by atoms with van der Waals surface area (Å²) in [5, 5.41) is 30.4. The van der Waals surface area contributed by atoms with Gasteiger partial charge in [-0.1, -0.05) is 0 Å². The smallest absolute Gasteiger partial charge is 0.265 e. The van der Waals surface area contributed by atoms with E-state index in [9.17, 15) is 19.8 Å². The topological polar surface area (TPSA) is 126 Å². The van der Waals surface area contributed by atoms with E-state index in [0.717, 1.165) is 0 Å². The molecule has 0 saturated carbocycles. The van der Waals surface area contributed by atoms with Gasteiger partial charge in [0.15, 0.2) is 0 Å². The summed E-state index contributed by atoms with van der Waals surface area (Å²) < 4.78 is 0. The molecule has 2 atom stereocenters. The van der Waals surface area contributed by atoms with Gasteiger partial charge in [-0.2, -0.15) is 5.26 Å². The third-order valence-electron chi connectivity index (χ3n) is 2.31. The minimum Gasteiger partial charge on any atom is -0.388 e. The van der Waals surface area contributed by atoms with E-state index >= 15 is 0 Å². The van der Waals surface area contributed by atoms with Gasteiger partial charge in [0.1, 0.15) is 23.8 Å². The highest BCUT2D eigenvalue weighted by Crippen LogP contribution is 2.15. The van der Waals surface area contributed by atoms with E-state index in [-0.39, 0.29) is 23.6 Å². The Kier molecular flexibility index (Phi) is 4.59. The maximum absolute atomic E-state index is 11.1. The molecular weight excluding hydrogens is 238 g/mol. The third kappa shape index (κ3) is 3.41. The number of hydrogen-bond donors (Lipinski definition) is 4. The molecule has 1 heterocycles. The van der Waals surface area contributed by atoms with Gasteiger partial charge in [0, 0.05) is 25.2 Å². The summed E-state index contributed by atoms with van der Waals surface area (Å²) in [7, 11) is 0. The summed E-state index contributed by atoms with van der Waals surface area (Å²) >= 11 is 0. The summed E-state index contributed by atoms with van der Waals surface area (Å²) in [6.07, 6.45) is -1.32. The zero-order chi connectivity index (χ0) is 13.7. The van der Waals surface area contributed by atoms with Gasteiger partial charge in [0.25, 0.3) is 5.56 Å². The van der Waals surface area contributed by atoms with E-state index in [2.05, 4.69) is 10.3 Å². The van der Waals surface area contributed by atoms with Crippen molar-refractivity contribution in [2.45, 2.75) is 19.1 Å². The van der Waals surface area contributed by atoms with Crippen molar-refractivity contribution in [1.82, 2.24) is 10.3 Å². The fourth-order valence-electron chi connectivity index (χ4n) is 1.34. The van der Waals surface area contributed by atoms with E-state index in [1.165, 1.54) is 19.2 Å². The predicted octanol–water partition coefficient (Wildman–Crippen LogP) is -1.22. The molecular formula is C11H13N3O4. The molecule has 7 nitrogen and oxygen atoms in total. The lowest BCUT2D eigenvalue weighted by Gasteiger charge is -2.18. The number of aromatic amines is 1. The summed E-state index contributed by atoms with van der Waals surface area (Å²) in [6, 6.07) is 2.87.